The van der Waals surface area contributed by atoms with Crippen LogP contribution < -0.4 is 19.8 Å². The van der Waals surface area contributed by atoms with Gasteiger partial charge in [0.15, 0.2) is 23.9 Å². The van der Waals surface area contributed by atoms with Crippen LogP contribution in [-0.4, -0.2) is 36.7 Å². The van der Waals surface area contributed by atoms with E-state index in [9.17, 15) is 4.79 Å². The highest BCUT2D eigenvalue weighted by atomic mass is 79.9. The minimum atomic E-state index is -0.289. The van der Waals surface area contributed by atoms with Gasteiger partial charge in [0.2, 0.25) is 0 Å². The van der Waals surface area contributed by atoms with Gasteiger partial charge < -0.3 is 14.2 Å². The third-order valence-electron chi connectivity index (χ3n) is 6.05. The maximum atomic E-state index is 13.7. The molecule has 0 aliphatic carbocycles. The number of ether oxygens (including phenoxy) is 3. The van der Waals surface area contributed by atoms with Gasteiger partial charge in [-0.1, -0.05) is 26.0 Å². The minimum Gasteiger partial charge on any atom is -0.496 e. The lowest BCUT2D eigenvalue weighted by atomic mass is 9.96. The van der Waals surface area contributed by atoms with Crippen LogP contribution in [0, 0.1) is 18.3 Å². The molecular weight excluding hydrogens is 548 g/mol. The zero-order valence-corrected chi connectivity index (χ0v) is 23.4. The van der Waals surface area contributed by atoms with Gasteiger partial charge in [0.05, 0.1) is 35.8 Å². The van der Waals surface area contributed by atoms with E-state index in [4.69, 9.17) is 24.5 Å². The fraction of sp³-hybridized carbons (Fsp3) is 0.241. The molecule has 1 heterocycles. The number of hydrogen-bond donors (Lipinski definition) is 0. The summed E-state index contributed by atoms with van der Waals surface area (Å²) >= 11 is 3.47. The summed E-state index contributed by atoms with van der Waals surface area (Å²) in [5, 5.41) is 13.9. The van der Waals surface area contributed by atoms with E-state index in [1.807, 2.05) is 37.3 Å². The van der Waals surface area contributed by atoms with Gasteiger partial charge in [-0.05, 0) is 81.9 Å². The van der Waals surface area contributed by atoms with Gasteiger partial charge in [-0.3, -0.25) is 4.79 Å². The maximum Gasteiger partial charge on any atom is 0.282 e. The van der Waals surface area contributed by atoms with E-state index in [-0.39, 0.29) is 18.1 Å². The number of nitrogens with zero attached hydrogens (tertiary/aromatic N) is 4. The molecule has 1 aromatic heterocycles. The van der Waals surface area contributed by atoms with Gasteiger partial charge in [0.25, 0.3) is 5.56 Å². The van der Waals surface area contributed by atoms with Gasteiger partial charge >= 0.3 is 0 Å². The van der Waals surface area contributed by atoms with Crippen LogP contribution in [0.2, 0.25) is 0 Å². The average Bonchev–Trinajstić information content (AvgIpc) is 2.91. The SMILES string of the molecule is COc1cc(C)c(-c2nc3ccccc3c(=O)n2N=Cc2cc(Br)c(OCC#N)c(OC)c2)cc1C(C)C. The summed E-state index contributed by atoms with van der Waals surface area (Å²) in [5.74, 6) is 2.24. The first-order valence-electron chi connectivity index (χ1n) is 11.9. The molecule has 194 valence electrons. The molecule has 3 aromatic carbocycles. The van der Waals surface area contributed by atoms with Gasteiger partial charge in [-0.25, -0.2) is 4.98 Å². The van der Waals surface area contributed by atoms with Gasteiger partial charge in [-0.15, -0.1) is 0 Å². The third kappa shape index (κ3) is 5.27. The number of benzene rings is 3. The molecule has 0 bridgehead atoms. The lowest BCUT2D eigenvalue weighted by Gasteiger charge is -2.17. The van der Waals surface area contributed by atoms with E-state index in [2.05, 4.69) is 34.9 Å². The van der Waals surface area contributed by atoms with E-state index in [1.54, 1.807) is 37.6 Å². The predicted molar refractivity (Wildman–Crippen MR) is 152 cm³/mol. The first-order chi connectivity index (χ1) is 18.3. The van der Waals surface area contributed by atoms with Crippen LogP contribution in [0.1, 0.15) is 36.5 Å². The van der Waals surface area contributed by atoms with E-state index in [1.165, 1.54) is 11.8 Å². The van der Waals surface area contributed by atoms with Crippen molar-refractivity contribution in [1.82, 2.24) is 9.66 Å². The van der Waals surface area contributed by atoms with E-state index >= 15 is 0 Å². The molecule has 0 amide bonds. The molecule has 8 nitrogen and oxygen atoms in total. The number of para-hydroxylation sites is 1. The lowest BCUT2D eigenvalue weighted by molar-refractivity contribution is 0.327. The number of rotatable bonds is 8. The molecule has 0 radical (unpaired) electrons. The second-order valence-corrected chi connectivity index (χ2v) is 9.71. The largest absolute Gasteiger partial charge is 0.496 e. The summed E-state index contributed by atoms with van der Waals surface area (Å²) in [4.78, 5) is 18.5. The number of hydrogen-bond acceptors (Lipinski definition) is 7. The number of methoxy groups -OCH3 is 2. The molecule has 0 aliphatic heterocycles. The van der Waals surface area contributed by atoms with Crippen molar-refractivity contribution in [2.45, 2.75) is 26.7 Å². The van der Waals surface area contributed by atoms with Crippen LogP contribution in [0.5, 0.6) is 17.2 Å². The molecule has 38 heavy (non-hydrogen) atoms. The quantitative estimate of drug-likeness (QED) is 0.237. The molecule has 0 saturated heterocycles. The Morgan fingerprint density at radius 2 is 1.87 bits per heavy atom. The summed E-state index contributed by atoms with van der Waals surface area (Å²) < 4.78 is 18.4. The Labute approximate surface area is 229 Å². The summed E-state index contributed by atoms with van der Waals surface area (Å²) in [7, 11) is 3.16. The summed E-state index contributed by atoms with van der Waals surface area (Å²) in [6.45, 7) is 6.01. The van der Waals surface area contributed by atoms with Crippen molar-refractivity contribution in [1.29, 1.82) is 5.26 Å². The van der Waals surface area contributed by atoms with E-state index in [0.717, 1.165) is 22.4 Å². The van der Waals surface area contributed by atoms with Crippen molar-refractivity contribution < 1.29 is 14.2 Å². The first kappa shape index (κ1) is 26.9. The van der Waals surface area contributed by atoms with E-state index in [0.29, 0.717) is 38.3 Å². The Balaban J connectivity index is 1.93. The van der Waals surface area contributed by atoms with Crippen molar-refractivity contribution in [3.05, 3.63) is 80.0 Å². The highest BCUT2D eigenvalue weighted by Crippen LogP contribution is 2.37. The topological polar surface area (TPSA) is 98.7 Å². The Bertz CT molecular complexity index is 1640. The van der Waals surface area contributed by atoms with Gasteiger partial charge in [0, 0.05) is 5.56 Å². The first-order valence-corrected chi connectivity index (χ1v) is 12.7. The predicted octanol–water partition coefficient (Wildman–Crippen LogP) is 6.06. The molecular formula is C29H27BrN4O4. The highest BCUT2D eigenvalue weighted by molar-refractivity contribution is 9.10. The van der Waals surface area contributed by atoms with Crippen molar-refractivity contribution in [2.75, 3.05) is 20.8 Å². The fourth-order valence-corrected chi connectivity index (χ4v) is 4.73. The number of nitriles is 1. The van der Waals surface area contributed by atoms with Crippen LogP contribution in [-0.2, 0) is 0 Å². The second-order valence-electron chi connectivity index (χ2n) is 8.86. The molecule has 0 unspecified atom stereocenters. The Hall–Kier alpha value is -4.16. The third-order valence-corrected chi connectivity index (χ3v) is 6.64. The Morgan fingerprint density at radius 3 is 2.55 bits per heavy atom. The zero-order valence-electron chi connectivity index (χ0n) is 21.8. The number of fused-ring (bicyclic) bond motifs is 1. The number of aromatic nitrogens is 2. The normalized spacial score (nSPS) is 11.2. The summed E-state index contributed by atoms with van der Waals surface area (Å²) in [6, 6.07) is 16.6. The molecule has 0 N–H and O–H groups in total. The fourth-order valence-electron chi connectivity index (χ4n) is 4.16. The molecule has 4 rings (SSSR count). The lowest BCUT2D eigenvalue weighted by Crippen LogP contribution is -2.20. The molecule has 0 aliphatic rings. The number of aryl methyl sites for hydroxylation is 1. The zero-order chi connectivity index (χ0) is 27.4. The molecule has 0 spiro atoms. The summed E-state index contributed by atoms with van der Waals surface area (Å²) in [6.07, 6.45) is 1.56. The van der Waals surface area contributed by atoms with Crippen LogP contribution in [0.15, 0.2) is 62.9 Å². The smallest absolute Gasteiger partial charge is 0.282 e. The average molecular weight is 575 g/mol. The second kappa shape index (κ2) is 11.5. The summed E-state index contributed by atoms with van der Waals surface area (Å²) in [5.41, 5.74) is 3.65. The van der Waals surface area contributed by atoms with Crippen LogP contribution >= 0.6 is 15.9 Å². The standard InChI is InChI=1S/C29H27BrN4O4/c1-17(2)21-15-22(18(3)12-25(21)36-4)28-33-24-9-7-6-8-20(24)29(35)34(28)32-16-19-13-23(30)27(38-11-10-31)26(14-19)37-5/h6-9,12-17H,11H2,1-5H3. The van der Waals surface area contributed by atoms with Gasteiger partial charge in [0.1, 0.15) is 11.8 Å². The molecule has 0 atom stereocenters. The van der Waals surface area contributed by atoms with Crippen molar-refractivity contribution >= 4 is 33.0 Å². The van der Waals surface area contributed by atoms with Crippen LogP contribution in [0.4, 0.5) is 0 Å². The molecule has 0 fully saturated rings. The monoisotopic (exact) mass is 574 g/mol. The Morgan fingerprint density at radius 1 is 1.13 bits per heavy atom. The highest BCUT2D eigenvalue weighted by Gasteiger charge is 2.18. The minimum absolute atomic E-state index is 0.122. The van der Waals surface area contributed by atoms with Crippen molar-refractivity contribution in [2.24, 2.45) is 5.10 Å². The maximum absolute atomic E-state index is 13.7. The van der Waals surface area contributed by atoms with Crippen LogP contribution in [0.25, 0.3) is 22.3 Å². The Kier molecular flexibility index (Phi) is 8.13. The van der Waals surface area contributed by atoms with Crippen molar-refractivity contribution in [3.63, 3.8) is 0 Å². The van der Waals surface area contributed by atoms with Crippen LogP contribution in [0.3, 0.4) is 0 Å². The van der Waals surface area contributed by atoms with Gasteiger partial charge in [-0.2, -0.15) is 15.0 Å². The van der Waals surface area contributed by atoms with E-state index < -0.39 is 0 Å². The number of halogens is 1. The van der Waals surface area contributed by atoms with Crippen molar-refractivity contribution in [3.8, 4) is 34.7 Å². The molecule has 0 saturated carbocycles. The molecule has 4 aromatic rings. The molecule has 9 heteroatoms.